The van der Waals surface area contributed by atoms with E-state index >= 15 is 0 Å². The SMILES string of the molecule is CC1CCN(Cc2cccc(CNC(=O)C3CCN(Cc4nc(-c5ccccc5)no4)CC3)c2)CC1. The number of hydrogen-bond donors (Lipinski definition) is 1. The Bertz CT molecular complexity index is 1120. The number of nitrogens with zero attached hydrogens (tertiary/aromatic N) is 4. The lowest BCUT2D eigenvalue weighted by atomic mass is 9.95. The molecule has 0 radical (unpaired) electrons. The van der Waals surface area contributed by atoms with Crippen molar-refractivity contribution in [2.45, 2.75) is 52.2 Å². The van der Waals surface area contributed by atoms with Crippen LogP contribution < -0.4 is 5.32 Å². The lowest BCUT2D eigenvalue weighted by Crippen LogP contribution is -2.40. The van der Waals surface area contributed by atoms with E-state index in [1.54, 1.807) is 0 Å². The Morgan fingerprint density at radius 3 is 2.39 bits per heavy atom. The average Bonchev–Trinajstić information content (AvgIpc) is 3.38. The van der Waals surface area contributed by atoms with E-state index in [-0.39, 0.29) is 11.8 Å². The summed E-state index contributed by atoms with van der Waals surface area (Å²) in [6, 6.07) is 18.5. The second-order valence-electron chi connectivity index (χ2n) is 10.4. The molecule has 0 atom stereocenters. The van der Waals surface area contributed by atoms with Gasteiger partial charge in [0.1, 0.15) is 0 Å². The largest absolute Gasteiger partial charge is 0.352 e. The molecule has 2 aromatic carbocycles. The number of aromatic nitrogens is 2. The third-order valence-electron chi connectivity index (χ3n) is 7.56. The fourth-order valence-corrected chi connectivity index (χ4v) is 5.22. The molecule has 36 heavy (non-hydrogen) atoms. The zero-order valence-electron chi connectivity index (χ0n) is 21.2. The summed E-state index contributed by atoms with van der Waals surface area (Å²) in [5.74, 6) is 2.31. The third-order valence-corrected chi connectivity index (χ3v) is 7.56. The van der Waals surface area contributed by atoms with Gasteiger partial charge in [-0.3, -0.25) is 14.6 Å². The number of carbonyl (C=O) groups excluding carboxylic acids is 1. The molecule has 0 saturated carbocycles. The smallest absolute Gasteiger partial charge is 0.241 e. The van der Waals surface area contributed by atoms with E-state index in [0.717, 1.165) is 44.0 Å². The summed E-state index contributed by atoms with van der Waals surface area (Å²) in [7, 11) is 0. The van der Waals surface area contributed by atoms with Crippen molar-refractivity contribution in [2.24, 2.45) is 11.8 Å². The predicted molar refractivity (Wildman–Crippen MR) is 140 cm³/mol. The Morgan fingerprint density at radius 2 is 1.61 bits per heavy atom. The number of nitrogens with one attached hydrogen (secondary N) is 1. The zero-order valence-corrected chi connectivity index (χ0v) is 21.2. The molecular formula is C29H37N5O2. The zero-order chi connectivity index (χ0) is 24.7. The number of piperidine rings is 2. The van der Waals surface area contributed by atoms with Crippen LogP contribution in [-0.4, -0.2) is 52.0 Å². The molecule has 1 aromatic heterocycles. The maximum absolute atomic E-state index is 12.9. The van der Waals surface area contributed by atoms with Gasteiger partial charge >= 0.3 is 0 Å². The summed E-state index contributed by atoms with van der Waals surface area (Å²) in [5.41, 5.74) is 3.46. The molecule has 2 aliphatic rings. The van der Waals surface area contributed by atoms with Crippen molar-refractivity contribution in [3.63, 3.8) is 0 Å². The summed E-state index contributed by atoms with van der Waals surface area (Å²) in [5, 5.41) is 7.29. The van der Waals surface area contributed by atoms with Gasteiger partial charge in [0, 0.05) is 24.6 Å². The minimum Gasteiger partial charge on any atom is -0.352 e. The maximum Gasteiger partial charge on any atom is 0.241 e. The molecule has 7 heteroatoms. The van der Waals surface area contributed by atoms with Gasteiger partial charge < -0.3 is 9.84 Å². The molecule has 7 nitrogen and oxygen atoms in total. The van der Waals surface area contributed by atoms with Crippen molar-refractivity contribution in [2.75, 3.05) is 26.2 Å². The fraction of sp³-hybridized carbons (Fsp3) is 0.483. The van der Waals surface area contributed by atoms with Gasteiger partial charge in [-0.15, -0.1) is 0 Å². The minimum atomic E-state index is 0.0577. The molecule has 190 valence electrons. The van der Waals surface area contributed by atoms with Gasteiger partial charge in [-0.25, -0.2) is 0 Å². The number of amides is 1. The van der Waals surface area contributed by atoms with Gasteiger partial charge in [0.2, 0.25) is 17.6 Å². The highest BCUT2D eigenvalue weighted by molar-refractivity contribution is 5.78. The fourth-order valence-electron chi connectivity index (χ4n) is 5.22. The van der Waals surface area contributed by atoms with Crippen molar-refractivity contribution in [3.8, 4) is 11.4 Å². The van der Waals surface area contributed by atoms with E-state index in [2.05, 4.69) is 56.4 Å². The van der Waals surface area contributed by atoms with Crippen LogP contribution in [0.25, 0.3) is 11.4 Å². The first-order chi connectivity index (χ1) is 17.6. The number of carbonyl (C=O) groups is 1. The van der Waals surface area contributed by atoms with Crippen molar-refractivity contribution < 1.29 is 9.32 Å². The van der Waals surface area contributed by atoms with Crippen molar-refractivity contribution >= 4 is 5.91 Å². The van der Waals surface area contributed by atoms with Gasteiger partial charge in [-0.05, 0) is 68.9 Å². The Kier molecular flexibility index (Phi) is 8.08. The Balaban J connectivity index is 1.05. The highest BCUT2D eigenvalue weighted by Crippen LogP contribution is 2.21. The second-order valence-corrected chi connectivity index (χ2v) is 10.4. The normalized spacial score (nSPS) is 18.4. The molecule has 0 aliphatic carbocycles. The number of hydrogen-bond acceptors (Lipinski definition) is 6. The number of rotatable bonds is 8. The molecule has 3 aromatic rings. The van der Waals surface area contributed by atoms with Gasteiger partial charge in [-0.1, -0.05) is 66.7 Å². The van der Waals surface area contributed by atoms with Gasteiger partial charge in [0.05, 0.1) is 6.54 Å². The first-order valence-corrected chi connectivity index (χ1v) is 13.3. The van der Waals surface area contributed by atoms with E-state index in [0.29, 0.717) is 24.8 Å². The van der Waals surface area contributed by atoms with Gasteiger partial charge in [0.15, 0.2) is 0 Å². The first-order valence-electron chi connectivity index (χ1n) is 13.3. The van der Waals surface area contributed by atoms with E-state index in [9.17, 15) is 4.79 Å². The molecule has 0 unspecified atom stereocenters. The molecule has 0 bridgehead atoms. The molecule has 3 heterocycles. The van der Waals surface area contributed by atoms with Crippen molar-refractivity contribution in [3.05, 3.63) is 71.6 Å². The second kappa shape index (κ2) is 11.8. The molecular weight excluding hydrogens is 450 g/mol. The monoisotopic (exact) mass is 487 g/mol. The van der Waals surface area contributed by atoms with Crippen molar-refractivity contribution in [1.82, 2.24) is 25.3 Å². The van der Waals surface area contributed by atoms with Crippen LogP contribution in [0.3, 0.4) is 0 Å². The summed E-state index contributed by atoms with van der Waals surface area (Å²) >= 11 is 0. The topological polar surface area (TPSA) is 74.5 Å². The van der Waals surface area contributed by atoms with E-state index in [1.165, 1.54) is 37.1 Å². The van der Waals surface area contributed by atoms with E-state index < -0.39 is 0 Å². The molecule has 1 amide bonds. The molecule has 1 N–H and O–H groups in total. The van der Waals surface area contributed by atoms with Crippen LogP contribution in [-0.2, 0) is 24.4 Å². The van der Waals surface area contributed by atoms with Crippen LogP contribution in [0.5, 0.6) is 0 Å². The predicted octanol–water partition coefficient (Wildman–Crippen LogP) is 4.50. The Labute approximate surface area is 213 Å². The third kappa shape index (κ3) is 6.59. The summed E-state index contributed by atoms with van der Waals surface area (Å²) < 4.78 is 5.46. The maximum atomic E-state index is 12.9. The number of likely N-dealkylation sites (tertiary alicyclic amines) is 2. The van der Waals surface area contributed by atoms with Crippen LogP contribution in [0.2, 0.25) is 0 Å². The first kappa shape index (κ1) is 24.7. The Hall–Kier alpha value is -3.03. The van der Waals surface area contributed by atoms with Crippen LogP contribution in [0.15, 0.2) is 59.1 Å². The van der Waals surface area contributed by atoms with Crippen LogP contribution in [0.4, 0.5) is 0 Å². The van der Waals surface area contributed by atoms with Crippen LogP contribution in [0, 0.1) is 11.8 Å². The standard InChI is InChI=1S/C29H37N5O2/c1-22-10-14-33(15-11-22)20-24-7-5-6-23(18-24)19-30-29(35)26-12-16-34(17-13-26)21-27-31-28(32-36-27)25-8-3-2-4-9-25/h2-9,18,22,26H,10-17,19-21H2,1H3,(H,30,35). The molecule has 5 rings (SSSR count). The van der Waals surface area contributed by atoms with Gasteiger partial charge in [-0.2, -0.15) is 4.98 Å². The summed E-state index contributed by atoms with van der Waals surface area (Å²) in [6.07, 6.45) is 4.27. The summed E-state index contributed by atoms with van der Waals surface area (Å²) in [4.78, 5) is 22.2. The minimum absolute atomic E-state index is 0.0577. The highest BCUT2D eigenvalue weighted by Gasteiger charge is 2.26. The number of benzene rings is 2. The highest BCUT2D eigenvalue weighted by atomic mass is 16.5. The molecule has 0 spiro atoms. The quantitative estimate of drug-likeness (QED) is 0.504. The molecule has 2 saturated heterocycles. The van der Waals surface area contributed by atoms with Gasteiger partial charge in [0.25, 0.3) is 0 Å². The van der Waals surface area contributed by atoms with E-state index in [4.69, 9.17) is 4.52 Å². The molecule has 2 fully saturated rings. The van der Waals surface area contributed by atoms with Crippen LogP contribution in [0.1, 0.15) is 49.6 Å². The lowest BCUT2D eigenvalue weighted by molar-refractivity contribution is -0.126. The van der Waals surface area contributed by atoms with Crippen molar-refractivity contribution in [1.29, 1.82) is 0 Å². The molecule has 2 aliphatic heterocycles. The van der Waals surface area contributed by atoms with E-state index in [1.807, 2.05) is 30.3 Å². The summed E-state index contributed by atoms with van der Waals surface area (Å²) in [6.45, 7) is 8.63. The lowest BCUT2D eigenvalue weighted by Gasteiger charge is -2.30. The van der Waals surface area contributed by atoms with Crippen LogP contribution >= 0.6 is 0 Å². The Morgan fingerprint density at radius 1 is 0.917 bits per heavy atom. The average molecular weight is 488 g/mol.